The highest BCUT2D eigenvalue weighted by molar-refractivity contribution is 6.08. The molecule has 0 radical (unpaired) electrons. The minimum atomic E-state index is -5.03. The summed E-state index contributed by atoms with van der Waals surface area (Å²) in [5.41, 5.74) is 2.04. The van der Waals surface area contributed by atoms with Gasteiger partial charge in [0, 0.05) is 24.6 Å². The molecule has 0 aromatic heterocycles. The molecule has 2 saturated heterocycles. The van der Waals surface area contributed by atoms with E-state index in [9.17, 15) is 47.7 Å². The molecule has 2 heterocycles. The van der Waals surface area contributed by atoms with Gasteiger partial charge in [0.1, 0.15) is 23.0 Å². The molecule has 1 saturated carbocycles. The second-order valence-electron chi connectivity index (χ2n) is 13.3. The smallest absolute Gasteiger partial charge is 0.508 e. The van der Waals surface area contributed by atoms with E-state index in [1.54, 1.807) is 30.3 Å². The monoisotopic (exact) mass is 690 g/mol. The van der Waals surface area contributed by atoms with Gasteiger partial charge in [-0.1, -0.05) is 35.9 Å². The van der Waals surface area contributed by atoms with E-state index in [4.69, 9.17) is 0 Å². The number of amides is 4. The van der Waals surface area contributed by atoms with E-state index < -0.39 is 71.1 Å². The van der Waals surface area contributed by atoms with Gasteiger partial charge in [0.2, 0.25) is 23.6 Å². The number of phenols is 3. The van der Waals surface area contributed by atoms with Crippen molar-refractivity contribution in [2.45, 2.75) is 38.0 Å². The van der Waals surface area contributed by atoms with Crippen LogP contribution in [0.25, 0.3) is 0 Å². The minimum Gasteiger partial charge on any atom is -0.508 e. The third-order valence-electron chi connectivity index (χ3n) is 10.5. The fourth-order valence-corrected chi connectivity index (χ4v) is 8.29. The summed E-state index contributed by atoms with van der Waals surface area (Å²) < 4.78 is 43.9. The van der Waals surface area contributed by atoms with Gasteiger partial charge in [-0.2, -0.15) is 0 Å². The summed E-state index contributed by atoms with van der Waals surface area (Å²) in [6.07, 6.45) is -2.46. The third-order valence-corrected chi connectivity index (χ3v) is 10.5. The number of aromatic hydroxyl groups is 3. The molecule has 6 atom stereocenters. The molecule has 3 aromatic rings. The van der Waals surface area contributed by atoms with Gasteiger partial charge in [-0.3, -0.25) is 29.0 Å². The van der Waals surface area contributed by atoms with Gasteiger partial charge in [0.25, 0.3) is 0 Å². The highest BCUT2D eigenvalue weighted by Gasteiger charge is 2.62. The van der Waals surface area contributed by atoms with Crippen LogP contribution in [0.4, 0.5) is 13.2 Å². The van der Waals surface area contributed by atoms with Crippen molar-refractivity contribution in [1.29, 1.82) is 0 Å². The van der Waals surface area contributed by atoms with Crippen molar-refractivity contribution in [2.75, 3.05) is 13.1 Å². The number of benzene rings is 3. The molecule has 6 unspecified atom stereocenters. The number of carbonyl (C=O) groups is 4. The largest absolute Gasteiger partial charge is 0.573 e. The summed E-state index contributed by atoms with van der Waals surface area (Å²) in [6.45, 7) is 0.0939. The first-order valence-corrected chi connectivity index (χ1v) is 16.4. The molecule has 0 bridgehead atoms. The lowest BCUT2D eigenvalue weighted by molar-refractivity contribution is -0.274. The summed E-state index contributed by atoms with van der Waals surface area (Å²) in [4.78, 5) is 58.2. The van der Waals surface area contributed by atoms with Crippen molar-refractivity contribution in [1.82, 2.24) is 9.80 Å². The minimum absolute atomic E-state index is 0.00356. The van der Waals surface area contributed by atoms with E-state index in [0.29, 0.717) is 12.0 Å². The molecule has 2 aliphatic carbocycles. The number of fused-ring (bicyclic) bond motifs is 4. The topological polar surface area (TPSA) is 145 Å². The average Bonchev–Trinajstić information content (AvgIpc) is 3.46. The van der Waals surface area contributed by atoms with E-state index in [-0.39, 0.29) is 55.3 Å². The highest BCUT2D eigenvalue weighted by Crippen LogP contribution is 2.59. The normalized spacial score (nSPS) is 26.1. The third kappa shape index (κ3) is 5.94. The Hall–Kier alpha value is -5.33. The average molecular weight is 691 g/mol. The maximum absolute atomic E-state index is 14.1. The number of halogens is 3. The van der Waals surface area contributed by atoms with Gasteiger partial charge >= 0.3 is 6.36 Å². The Bertz CT molecular complexity index is 1890. The number of alkyl halides is 3. The van der Waals surface area contributed by atoms with Gasteiger partial charge in [0.15, 0.2) is 0 Å². The summed E-state index contributed by atoms with van der Waals surface area (Å²) in [5, 5.41) is 30.3. The summed E-state index contributed by atoms with van der Waals surface area (Å²) in [5.74, 6) is -8.11. The van der Waals surface area contributed by atoms with E-state index in [1.807, 2.05) is 0 Å². The zero-order valence-corrected chi connectivity index (χ0v) is 26.5. The van der Waals surface area contributed by atoms with Crippen LogP contribution in [0, 0.1) is 29.6 Å². The number of carbonyl (C=O) groups excluding carboxylic acids is 4. The lowest BCUT2D eigenvalue weighted by atomic mass is 9.57. The summed E-state index contributed by atoms with van der Waals surface area (Å²) in [6, 6.07) is 15.7. The number of allylic oxidation sites excluding steroid dienone is 2. The molecule has 50 heavy (non-hydrogen) atoms. The van der Waals surface area contributed by atoms with E-state index in [1.165, 1.54) is 29.2 Å². The molecule has 4 amide bonds. The van der Waals surface area contributed by atoms with Crippen molar-refractivity contribution < 1.29 is 52.4 Å². The second-order valence-corrected chi connectivity index (χ2v) is 13.3. The van der Waals surface area contributed by atoms with Crippen molar-refractivity contribution in [3.8, 4) is 23.0 Å². The molecular formula is C37H33F3N2O8. The van der Waals surface area contributed by atoms with E-state index in [2.05, 4.69) is 4.74 Å². The predicted octanol–water partition coefficient (Wildman–Crippen LogP) is 4.82. The van der Waals surface area contributed by atoms with Gasteiger partial charge in [-0.25, -0.2) is 0 Å². The molecule has 0 spiro atoms. The molecule has 3 N–H and O–H groups in total. The number of ether oxygens (including phenoxy) is 1. The van der Waals surface area contributed by atoms with Crippen LogP contribution in [-0.4, -0.2) is 68.2 Å². The molecule has 3 aromatic carbocycles. The van der Waals surface area contributed by atoms with Crippen LogP contribution < -0.4 is 4.74 Å². The Morgan fingerprint density at radius 2 is 1.22 bits per heavy atom. The van der Waals surface area contributed by atoms with Gasteiger partial charge in [-0.15, -0.1) is 13.2 Å². The number of hydrogen-bond acceptors (Lipinski definition) is 8. The van der Waals surface area contributed by atoms with Crippen LogP contribution in [0.3, 0.4) is 0 Å². The van der Waals surface area contributed by atoms with E-state index >= 15 is 0 Å². The van der Waals surface area contributed by atoms with Crippen LogP contribution in [0.1, 0.15) is 35.4 Å². The standard InChI is InChI=1S/C37H33F3N2O8/c38-37(39,40)50-23-9-12-29(45)27(17-23)30-24-10-11-25-31(35(48)41(33(25)46)15-13-19-1-5-21(43)6-2-19)26(24)18-28-32(30)36(49)42(34(28)47)16-14-20-3-7-22(44)8-4-20/h1-10,12,17,25-26,28,30-32,43-45H,11,13-16,18H2. The summed E-state index contributed by atoms with van der Waals surface area (Å²) >= 11 is 0. The molecule has 2 aliphatic heterocycles. The van der Waals surface area contributed by atoms with Crippen LogP contribution in [0.15, 0.2) is 78.4 Å². The number of imide groups is 2. The predicted molar refractivity (Wildman–Crippen MR) is 169 cm³/mol. The molecule has 7 rings (SSSR count). The van der Waals surface area contributed by atoms with Gasteiger partial charge < -0.3 is 20.1 Å². The Kier molecular flexibility index (Phi) is 8.31. The number of nitrogens with zero attached hydrogens (tertiary/aromatic N) is 2. The second kappa shape index (κ2) is 12.5. The molecule has 10 nitrogen and oxygen atoms in total. The van der Waals surface area contributed by atoms with Crippen molar-refractivity contribution in [3.63, 3.8) is 0 Å². The zero-order valence-electron chi connectivity index (χ0n) is 26.5. The maximum atomic E-state index is 14.1. The molecule has 4 aliphatic rings. The van der Waals surface area contributed by atoms with Crippen molar-refractivity contribution in [3.05, 3.63) is 95.1 Å². The lowest BCUT2D eigenvalue weighted by Crippen LogP contribution is -2.43. The van der Waals surface area contributed by atoms with Gasteiger partial charge in [0.05, 0.1) is 23.7 Å². The number of rotatable bonds is 8. The first kappa shape index (κ1) is 33.2. The van der Waals surface area contributed by atoms with Gasteiger partial charge in [-0.05, 0) is 85.2 Å². The van der Waals surface area contributed by atoms with Crippen molar-refractivity contribution in [2.24, 2.45) is 29.6 Å². The highest BCUT2D eigenvalue weighted by atomic mass is 19.4. The number of likely N-dealkylation sites (tertiary alicyclic amines) is 2. The van der Waals surface area contributed by atoms with Crippen LogP contribution in [0.5, 0.6) is 23.0 Å². The first-order chi connectivity index (χ1) is 23.8. The Balaban J connectivity index is 1.23. The van der Waals surface area contributed by atoms with Crippen LogP contribution in [-0.2, 0) is 32.0 Å². The SMILES string of the molecule is O=C1C2CC=C3C(CC4C(=O)N(CCc5ccc(O)cc5)C(=O)C4C3c3cc(OC(F)(F)F)ccc3O)C2C(=O)N1CCc1ccc(O)cc1. The quantitative estimate of drug-likeness (QED) is 0.226. The number of hydrogen-bond donors (Lipinski definition) is 3. The van der Waals surface area contributed by atoms with Crippen molar-refractivity contribution >= 4 is 23.6 Å². The first-order valence-electron chi connectivity index (χ1n) is 16.4. The van der Waals surface area contributed by atoms with Crippen LogP contribution >= 0.6 is 0 Å². The Labute approximate surface area is 284 Å². The fraction of sp³-hybridized carbons (Fsp3) is 0.351. The summed E-state index contributed by atoms with van der Waals surface area (Å²) in [7, 11) is 0. The molecule has 260 valence electrons. The Morgan fingerprint density at radius 3 is 1.78 bits per heavy atom. The lowest BCUT2D eigenvalue weighted by Gasteiger charge is -2.44. The zero-order chi connectivity index (χ0) is 35.5. The number of phenolic OH excluding ortho intramolecular Hbond substituents is 3. The molecular weight excluding hydrogens is 657 g/mol. The fourth-order valence-electron chi connectivity index (χ4n) is 8.29. The molecule has 13 heteroatoms. The Morgan fingerprint density at radius 1 is 0.680 bits per heavy atom. The molecule has 3 fully saturated rings. The van der Waals surface area contributed by atoms with E-state index in [0.717, 1.165) is 34.2 Å². The maximum Gasteiger partial charge on any atom is 0.573 e. The van der Waals surface area contributed by atoms with Crippen LogP contribution in [0.2, 0.25) is 0 Å².